The maximum absolute atomic E-state index is 3.27. The lowest BCUT2D eigenvalue weighted by atomic mass is 9.93. The topological polar surface area (TPSA) is 15.3 Å². The summed E-state index contributed by atoms with van der Waals surface area (Å²) in [7, 11) is 2.06. The van der Waals surface area contributed by atoms with Crippen molar-refractivity contribution in [1.29, 1.82) is 0 Å². The fraction of sp³-hybridized carbons (Fsp3) is 1.00. The van der Waals surface area contributed by atoms with Gasteiger partial charge in [0, 0.05) is 6.54 Å². The Morgan fingerprint density at radius 1 is 1.18 bits per heavy atom. The van der Waals surface area contributed by atoms with Crippen LogP contribution >= 0.6 is 24.2 Å². The molecule has 4 heteroatoms. The van der Waals surface area contributed by atoms with E-state index in [1.165, 1.54) is 63.4 Å². The van der Waals surface area contributed by atoms with Crippen LogP contribution in [0.3, 0.4) is 0 Å². The highest BCUT2D eigenvalue weighted by molar-refractivity contribution is 7.99. The van der Waals surface area contributed by atoms with Gasteiger partial charge in [-0.3, -0.25) is 0 Å². The van der Waals surface area contributed by atoms with Crippen molar-refractivity contribution in [3.8, 4) is 0 Å². The molecule has 0 radical (unpaired) electrons. The Bertz CT molecular complexity index is 190. The molecule has 0 aliphatic carbocycles. The standard InChI is InChI=1S/C13H26N2S.ClH/c1-14-6-2-12-3-7-15(8-4-12)10-13-5-9-16-11-13;/h12-14H,2-11H2,1H3;1H. The SMILES string of the molecule is CNCCC1CCN(CC2CCSC2)CC1.Cl. The van der Waals surface area contributed by atoms with Crippen molar-refractivity contribution in [3.05, 3.63) is 0 Å². The van der Waals surface area contributed by atoms with Gasteiger partial charge in [0.2, 0.25) is 0 Å². The fourth-order valence-electron chi connectivity index (χ4n) is 2.90. The van der Waals surface area contributed by atoms with Gasteiger partial charge in [-0.1, -0.05) is 0 Å². The normalized spacial score (nSPS) is 27.0. The van der Waals surface area contributed by atoms with Crippen molar-refractivity contribution >= 4 is 24.2 Å². The number of hydrogen-bond donors (Lipinski definition) is 1. The first-order chi connectivity index (χ1) is 7.88. The van der Waals surface area contributed by atoms with E-state index >= 15 is 0 Å². The van der Waals surface area contributed by atoms with Gasteiger partial charge in [-0.2, -0.15) is 11.8 Å². The molecule has 1 unspecified atom stereocenters. The summed E-state index contributed by atoms with van der Waals surface area (Å²) >= 11 is 2.15. The monoisotopic (exact) mass is 278 g/mol. The van der Waals surface area contributed by atoms with Gasteiger partial charge in [0.1, 0.15) is 0 Å². The van der Waals surface area contributed by atoms with Crippen LogP contribution in [0.5, 0.6) is 0 Å². The van der Waals surface area contributed by atoms with Gasteiger partial charge in [-0.05, 0) is 75.7 Å². The molecule has 0 aromatic rings. The Morgan fingerprint density at radius 3 is 2.53 bits per heavy atom. The summed E-state index contributed by atoms with van der Waals surface area (Å²) in [6, 6.07) is 0. The largest absolute Gasteiger partial charge is 0.320 e. The zero-order valence-corrected chi connectivity index (χ0v) is 12.6. The van der Waals surface area contributed by atoms with E-state index < -0.39 is 0 Å². The van der Waals surface area contributed by atoms with Crippen molar-refractivity contribution < 1.29 is 0 Å². The lowest BCUT2D eigenvalue weighted by Gasteiger charge is -2.33. The molecule has 0 saturated carbocycles. The molecule has 2 fully saturated rings. The Labute approximate surface area is 117 Å². The fourth-order valence-corrected chi connectivity index (χ4v) is 4.17. The minimum Gasteiger partial charge on any atom is -0.320 e. The van der Waals surface area contributed by atoms with Gasteiger partial charge < -0.3 is 10.2 Å². The van der Waals surface area contributed by atoms with E-state index in [4.69, 9.17) is 0 Å². The molecule has 102 valence electrons. The molecular weight excluding hydrogens is 252 g/mol. The second kappa shape index (κ2) is 8.63. The molecule has 2 aliphatic heterocycles. The minimum atomic E-state index is 0. The molecule has 1 atom stereocenters. The number of piperidine rings is 1. The van der Waals surface area contributed by atoms with Crippen LogP contribution in [0, 0.1) is 11.8 Å². The highest BCUT2D eigenvalue weighted by atomic mass is 35.5. The predicted octanol–water partition coefficient (Wildman–Crippen LogP) is 2.48. The maximum atomic E-state index is 3.27. The van der Waals surface area contributed by atoms with Gasteiger partial charge in [-0.25, -0.2) is 0 Å². The zero-order valence-electron chi connectivity index (χ0n) is 11.0. The quantitative estimate of drug-likeness (QED) is 0.832. The number of nitrogens with zero attached hydrogens (tertiary/aromatic N) is 1. The second-order valence-corrected chi connectivity index (χ2v) is 6.52. The Morgan fingerprint density at radius 2 is 1.94 bits per heavy atom. The summed E-state index contributed by atoms with van der Waals surface area (Å²) in [5.74, 6) is 4.81. The summed E-state index contributed by atoms with van der Waals surface area (Å²) in [6.07, 6.45) is 5.71. The van der Waals surface area contributed by atoms with Gasteiger partial charge in [0.05, 0.1) is 0 Å². The van der Waals surface area contributed by atoms with Crippen molar-refractivity contribution in [2.24, 2.45) is 11.8 Å². The highest BCUT2D eigenvalue weighted by Crippen LogP contribution is 2.26. The Hall–Kier alpha value is 0.560. The van der Waals surface area contributed by atoms with Crippen LogP contribution < -0.4 is 5.32 Å². The van der Waals surface area contributed by atoms with Crippen LogP contribution in [0.15, 0.2) is 0 Å². The third-order valence-corrected chi connectivity index (χ3v) is 5.28. The van der Waals surface area contributed by atoms with E-state index in [2.05, 4.69) is 29.0 Å². The van der Waals surface area contributed by atoms with Gasteiger partial charge in [0.25, 0.3) is 0 Å². The lowest BCUT2D eigenvalue weighted by molar-refractivity contribution is 0.161. The van der Waals surface area contributed by atoms with E-state index in [1.54, 1.807) is 0 Å². The smallest absolute Gasteiger partial charge is 0.00178 e. The van der Waals surface area contributed by atoms with Crippen LogP contribution in [0.1, 0.15) is 25.7 Å². The highest BCUT2D eigenvalue weighted by Gasteiger charge is 2.23. The van der Waals surface area contributed by atoms with Gasteiger partial charge >= 0.3 is 0 Å². The number of halogens is 1. The summed E-state index contributed by atoms with van der Waals surface area (Å²) in [6.45, 7) is 5.29. The van der Waals surface area contributed by atoms with Crippen LogP contribution in [0.2, 0.25) is 0 Å². The molecule has 0 aromatic carbocycles. The lowest BCUT2D eigenvalue weighted by Crippen LogP contribution is -2.37. The summed E-state index contributed by atoms with van der Waals surface area (Å²) in [5, 5.41) is 3.27. The van der Waals surface area contributed by atoms with E-state index in [9.17, 15) is 0 Å². The number of hydrogen-bond acceptors (Lipinski definition) is 3. The summed E-state index contributed by atoms with van der Waals surface area (Å²) in [4.78, 5) is 2.71. The summed E-state index contributed by atoms with van der Waals surface area (Å²) < 4.78 is 0. The van der Waals surface area contributed by atoms with Crippen LogP contribution in [-0.2, 0) is 0 Å². The molecule has 2 nitrogen and oxygen atoms in total. The molecule has 2 saturated heterocycles. The van der Waals surface area contributed by atoms with Gasteiger partial charge in [0.15, 0.2) is 0 Å². The van der Waals surface area contributed by atoms with E-state index in [-0.39, 0.29) is 12.4 Å². The van der Waals surface area contributed by atoms with E-state index in [0.717, 1.165) is 11.8 Å². The predicted molar refractivity (Wildman–Crippen MR) is 80.4 cm³/mol. The number of rotatable bonds is 5. The number of nitrogens with one attached hydrogen (secondary N) is 1. The Balaban J connectivity index is 0.00000144. The zero-order chi connectivity index (χ0) is 11.2. The molecule has 1 N–H and O–H groups in total. The molecule has 17 heavy (non-hydrogen) atoms. The first-order valence-corrected chi connectivity index (χ1v) is 7.98. The van der Waals surface area contributed by atoms with Crippen molar-refractivity contribution in [2.45, 2.75) is 25.7 Å². The number of thioether (sulfide) groups is 1. The van der Waals surface area contributed by atoms with Crippen molar-refractivity contribution in [1.82, 2.24) is 10.2 Å². The number of likely N-dealkylation sites (tertiary alicyclic amines) is 1. The van der Waals surface area contributed by atoms with Gasteiger partial charge in [-0.15, -0.1) is 12.4 Å². The first kappa shape index (κ1) is 15.6. The molecular formula is C13H27ClN2S. The van der Waals surface area contributed by atoms with E-state index in [0.29, 0.717) is 0 Å². The molecule has 0 bridgehead atoms. The minimum absolute atomic E-state index is 0. The third kappa shape index (κ3) is 5.37. The average molecular weight is 279 g/mol. The van der Waals surface area contributed by atoms with Crippen molar-refractivity contribution in [2.75, 3.05) is 44.7 Å². The summed E-state index contributed by atoms with van der Waals surface area (Å²) in [5.41, 5.74) is 0. The third-order valence-electron chi connectivity index (χ3n) is 4.05. The van der Waals surface area contributed by atoms with Crippen LogP contribution in [-0.4, -0.2) is 49.6 Å². The second-order valence-electron chi connectivity index (χ2n) is 5.37. The Kier molecular flexibility index (Phi) is 7.92. The maximum Gasteiger partial charge on any atom is 0.00178 e. The van der Waals surface area contributed by atoms with E-state index in [1.807, 2.05) is 0 Å². The molecule has 0 amide bonds. The molecule has 0 aromatic heterocycles. The average Bonchev–Trinajstić information content (AvgIpc) is 2.81. The molecule has 0 spiro atoms. The van der Waals surface area contributed by atoms with Crippen molar-refractivity contribution in [3.63, 3.8) is 0 Å². The van der Waals surface area contributed by atoms with Crippen LogP contribution in [0.4, 0.5) is 0 Å². The molecule has 2 rings (SSSR count). The van der Waals surface area contributed by atoms with Crippen LogP contribution in [0.25, 0.3) is 0 Å². The molecule has 2 heterocycles. The first-order valence-electron chi connectivity index (χ1n) is 6.83. The molecule has 2 aliphatic rings.